The second-order valence-corrected chi connectivity index (χ2v) is 5.31. The maximum atomic E-state index is 12.2. The summed E-state index contributed by atoms with van der Waals surface area (Å²) in [5.74, 6) is -1.30. The predicted molar refractivity (Wildman–Crippen MR) is 81.8 cm³/mol. The SMILES string of the molecule is CC(=O)C(=[NH2+])c1cccnc1NCC(=O)N1CCC[C@H]1C(=O)O. The smallest absolute Gasteiger partial charge is 0.326 e. The molecule has 0 saturated carbocycles. The molecular weight excluding hydrogens is 300 g/mol. The molecule has 122 valence electrons. The zero-order chi connectivity index (χ0) is 17.0. The van der Waals surface area contributed by atoms with Crippen molar-refractivity contribution in [3.63, 3.8) is 0 Å². The number of nitrogens with two attached hydrogens (primary N) is 1. The van der Waals surface area contributed by atoms with Crippen molar-refractivity contribution in [1.29, 1.82) is 0 Å². The molecule has 2 heterocycles. The van der Waals surface area contributed by atoms with E-state index < -0.39 is 12.0 Å². The number of likely N-dealkylation sites (tertiary alicyclic amines) is 1. The van der Waals surface area contributed by atoms with Gasteiger partial charge in [-0.3, -0.25) is 15.0 Å². The summed E-state index contributed by atoms with van der Waals surface area (Å²) in [6, 6.07) is 2.49. The van der Waals surface area contributed by atoms with E-state index in [4.69, 9.17) is 10.5 Å². The lowest BCUT2D eigenvalue weighted by Crippen LogP contribution is -2.45. The van der Waals surface area contributed by atoms with Crippen molar-refractivity contribution in [3.05, 3.63) is 23.9 Å². The van der Waals surface area contributed by atoms with Crippen LogP contribution in [0.15, 0.2) is 18.3 Å². The fourth-order valence-corrected chi connectivity index (χ4v) is 2.54. The maximum absolute atomic E-state index is 12.2. The molecule has 1 fully saturated rings. The van der Waals surface area contributed by atoms with Crippen LogP contribution in [0.5, 0.6) is 0 Å². The van der Waals surface area contributed by atoms with Gasteiger partial charge in [0.2, 0.25) is 11.7 Å². The number of hydrogen-bond acceptors (Lipinski definition) is 5. The van der Waals surface area contributed by atoms with Crippen LogP contribution in [-0.4, -0.2) is 57.5 Å². The van der Waals surface area contributed by atoms with E-state index in [9.17, 15) is 14.4 Å². The number of carboxylic acids is 1. The summed E-state index contributed by atoms with van der Waals surface area (Å²) in [5, 5.41) is 17.7. The van der Waals surface area contributed by atoms with Gasteiger partial charge in [0, 0.05) is 19.7 Å². The summed E-state index contributed by atoms with van der Waals surface area (Å²) in [6.45, 7) is 1.66. The molecule has 1 amide bonds. The normalized spacial score (nSPS) is 16.9. The van der Waals surface area contributed by atoms with Crippen molar-refractivity contribution in [3.8, 4) is 0 Å². The number of carbonyl (C=O) groups is 3. The summed E-state index contributed by atoms with van der Waals surface area (Å²) < 4.78 is 0. The Hall–Kier alpha value is -2.77. The minimum atomic E-state index is -0.997. The number of aromatic nitrogens is 1. The molecule has 0 aliphatic carbocycles. The van der Waals surface area contributed by atoms with Crippen LogP contribution < -0.4 is 10.7 Å². The molecule has 1 aliphatic rings. The van der Waals surface area contributed by atoms with Gasteiger partial charge in [0.1, 0.15) is 11.9 Å². The van der Waals surface area contributed by atoms with Crippen LogP contribution >= 0.6 is 0 Å². The standard InChI is InChI=1S/C15H18N4O4/c1-9(20)13(16)10-4-2-6-17-14(10)18-8-12(21)19-7-3-5-11(19)15(22)23/h2,4,6,11,16H,3,5,7-8H2,1H3,(H,17,18)(H,22,23)/p+1/t11-/m0/s1. The van der Waals surface area contributed by atoms with Gasteiger partial charge in [-0.25, -0.2) is 9.78 Å². The third-order valence-corrected chi connectivity index (χ3v) is 3.74. The lowest BCUT2D eigenvalue weighted by atomic mass is 10.1. The van der Waals surface area contributed by atoms with Crippen molar-refractivity contribution < 1.29 is 24.9 Å². The molecule has 1 aromatic heterocycles. The number of anilines is 1. The molecular formula is C15H19N4O4+. The van der Waals surface area contributed by atoms with Gasteiger partial charge in [0.05, 0.1) is 12.1 Å². The number of hydrogen-bond donors (Lipinski definition) is 3. The molecule has 1 atom stereocenters. The molecule has 8 heteroatoms. The van der Waals surface area contributed by atoms with Crippen molar-refractivity contribution in [2.24, 2.45) is 0 Å². The van der Waals surface area contributed by atoms with Gasteiger partial charge in [-0.15, -0.1) is 0 Å². The van der Waals surface area contributed by atoms with Gasteiger partial charge in [0.15, 0.2) is 0 Å². The average Bonchev–Trinajstić information content (AvgIpc) is 3.02. The number of carboxylic acid groups (broad SMARTS) is 1. The predicted octanol–water partition coefficient (Wildman–Crippen LogP) is -1.29. The Labute approximate surface area is 133 Å². The molecule has 0 radical (unpaired) electrons. The summed E-state index contributed by atoms with van der Waals surface area (Å²) in [5.41, 5.74) is 0.474. The Bertz CT molecular complexity index is 659. The van der Waals surface area contributed by atoms with Gasteiger partial charge < -0.3 is 15.3 Å². The number of aliphatic carboxylic acids is 1. The van der Waals surface area contributed by atoms with E-state index in [1.165, 1.54) is 18.0 Å². The molecule has 1 aromatic rings. The number of ketones is 1. The molecule has 0 aromatic carbocycles. The molecule has 4 N–H and O–H groups in total. The van der Waals surface area contributed by atoms with Gasteiger partial charge in [-0.2, -0.15) is 0 Å². The van der Waals surface area contributed by atoms with Crippen molar-refractivity contribution in [2.45, 2.75) is 25.8 Å². The third-order valence-electron chi connectivity index (χ3n) is 3.74. The molecule has 0 bridgehead atoms. The molecule has 8 nitrogen and oxygen atoms in total. The van der Waals surface area contributed by atoms with E-state index in [2.05, 4.69) is 10.3 Å². The number of carbonyl (C=O) groups excluding carboxylic acids is 2. The van der Waals surface area contributed by atoms with Gasteiger partial charge in [-0.1, -0.05) is 0 Å². The van der Waals surface area contributed by atoms with E-state index >= 15 is 0 Å². The number of pyridine rings is 1. The van der Waals surface area contributed by atoms with Gasteiger partial charge >= 0.3 is 5.97 Å². The lowest BCUT2D eigenvalue weighted by molar-refractivity contribution is -0.147. The topological polar surface area (TPSA) is 125 Å². The first-order valence-corrected chi connectivity index (χ1v) is 7.26. The fraction of sp³-hybridized carbons (Fsp3) is 0.400. The Morgan fingerprint density at radius 1 is 1.48 bits per heavy atom. The van der Waals surface area contributed by atoms with Crippen LogP contribution in [0.25, 0.3) is 0 Å². The highest BCUT2D eigenvalue weighted by molar-refractivity contribution is 6.43. The van der Waals surface area contributed by atoms with E-state index in [0.717, 1.165) is 0 Å². The molecule has 0 spiro atoms. The van der Waals surface area contributed by atoms with Crippen LogP contribution in [0.4, 0.5) is 5.82 Å². The van der Waals surface area contributed by atoms with Crippen LogP contribution in [0.2, 0.25) is 0 Å². The molecule has 23 heavy (non-hydrogen) atoms. The molecule has 0 unspecified atom stereocenters. The van der Waals surface area contributed by atoms with E-state index in [1.807, 2.05) is 0 Å². The summed E-state index contributed by atoms with van der Waals surface area (Å²) in [7, 11) is 0. The highest BCUT2D eigenvalue weighted by atomic mass is 16.4. The van der Waals surface area contributed by atoms with Crippen LogP contribution in [0, 0.1) is 0 Å². The second-order valence-electron chi connectivity index (χ2n) is 5.31. The summed E-state index contributed by atoms with van der Waals surface area (Å²) in [4.78, 5) is 40.2. The van der Waals surface area contributed by atoms with Crippen molar-refractivity contribution >= 4 is 29.2 Å². The largest absolute Gasteiger partial charge is 0.480 e. The molecule has 2 rings (SSSR count). The number of nitrogens with one attached hydrogen (secondary N) is 1. The van der Waals surface area contributed by atoms with Crippen molar-refractivity contribution in [2.75, 3.05) is 18.4 Å². The van der Waals surface area contributed by atoms with E-state index in [1.54, 1.807) is 12.1 Å². The Morgan fingerprint density at radius 3 is 2.87 bits per heavy atom. The number of rotatable bonds is 6. The van der Waals surface area contributed by atoms with Crippen LogP contribution in [-0.2, 0) is 14.4 Å². The van der Waals surface area contributed by atoms with E-state index in [-0.39, 0.29) is 23.9 Å². The van der Waals surface area contributed by atoms with Gasteiger partial charge in [0.25, 0.3) is 5.71 Å². The highest BCUT2D eigenvalue weighted by Gasteiger charge is 2.33. The Morgan fingerprint density at radius 2 is 2.22 bits per heavy atom. The quantitative estimate of drug-likeness (QED) is 0.560. The minimum absolute atomic E-state index is 0.0534. The first-order chi connectivity index (χ1) is 10.9. The maximum Gasteiger partial charge on any atom is 0.326 e. The highest BCUT2D eigenvalue weighted by Crippen LogP contribution is 2.18. The summed E-state index contributed by atoms with van der Waals surface area (Å²) in [6.07, 6.45) is 2.64. The zero-order valence-electron chi connectivity index (χ0n) is 12.8. The minimum Gasteiger partial charge on any atom is -0.480 e. The average molecular weight is 319 g/mol. The van der Waals surface area contributed by atoms with Crippen molar-refractivity contribution in [1.82, 2.24) is 9.88 Å². The zero-order valence-corrected chi connectivity index (χ0v) is 12.8. The Kier molecular flexibility index (Phi) is 5.05. The number of Topliss-reactive ketones (excluding diaryl/α,β-unsaturated/α-hetero) is 1. The first-order valence-electron chi connectivity index (χ1n) is 7.26. The third kappa shape index (κ3) is 3.71. The first kappa shape index (κ1) is 16.6. The molecule has 1 aliphatic heterocycles. The monoisotopic (exact) mass is 319 g/mol. The number of nitrogens with zero attached hydrogens (tertiary/aromatic N) is 2. The van der Waals surface area contributed by atoms with E-state index in [0.29, 0.717) is 30.8 Å². The van der Waals surface area contributed by atoms with Crippen LogP contribution in [0.1, 0.15) is 25.3 Å². The summed E-state index contributed by atoms with van der Waals surface area (Å²) >= 11 is 0. The van der Waals surface area contributed by atoms with Crippen LogP contribution in [0.3, 0.4) is 0 Å². The molecule has 1 saturated heterocycles. The second kappa shape index (κ2) is 6.99. The number of amides is 1. The van der Waals surface area contributed by atoms with Gasteiger partial charge in [-0.05, 0) is 25.0 Å². The Balaban J connectivity index is 2.07. The lowest BCUT2D eigenvalue weighted by Gasteiger charge is -2.21. The fourth-order valence-electron chi connectivity index (χ4n) is 2.54.